The maximum Gasteiger partial charge on any atom is 0.426 e. The van der Waals surface area contributed by atoms with Gasteiger partial charge in [0.1, 0.15) is 0 Å². The van der Waals surface area contributed by atoms with Crippen LogP contribution in [0, 0.1) is 0 Å². The van der Waals surface area contributed by atoms with Gasteiger partial charge in [-0.15, -0.1) is 12.4 Å². The average Bonchev–Trinajstić information content (AvgIpc) is 3.10. The van der Waals surface area contributed by atoms with Gasteiger partial charge in [-0.05, 0) is 67.8 Å². The lowest BCUT2D eigenvalue weighted by molar-refractivity contribution is -0.228. The molecule has 1 N–H and O–H groups in total. The fraction of sp³-hybridized carbons (Fsp3) is 0.478. The molecule has 1 fully saturated rings. The lowest BCUT2D eigenvalue weighted by Gasteiger charge is -2.42. The second kappa shape index (κ2) is 7.92. The minimum atomic E-state index is -4.92. The first-order chi connectivity index (χ1) is 13.2. The normalized spacial score (nSPS) is 25.5. The Morgan fingerprint density at radius 1 is 1.07 bits per heavy atom. The Labute approximate surface area is 175 Å². The van der Waals surface area contributed by atoms with Crippen molar-refractivity contribution >= 4 is 12.4 Å². The molecule has 0 saturated carbocycles. The monoisotopic (exact) mass is 427 g/mol. The van der Waals surface area contributed by atoms with Crippen molar-refractivity contribution in [1.29, 1.82) is 0 Å². The minimum absolute atomic E-state index is 0. The van der Waals surface area contributed by atoms with Crippen molar-refractivity contribution in [1.82, 2.24) is 5.32 Å². The third kappa shape index (κ3) is 3.79. The van der Waals surface area contributed by atoms with Crippen LogP contribution in [0.4, 0.5) is 17.6 Å². The molecule has 1 saturated heterocycles. The maximum atomic E-state index is 14.5. The summed E-state index contributed by atoms with van der Waals surface area (Å²) in [6, 6.07) is 15.2. The molecule has 0 bridgehead atoms. The molecule has 0 aromatic heterocycles. The number of halogens is 5. The highest BCUT2D eigenvalue weighted by atomic mass is 35.5. The van der Waals surface area contributed by atoms with Crippen LogP contribution in [0.1, 0.15) is 48.4 Å². The van der Waals surface area contributed by atoms with E-state index < -0.39 is 11.8 Å². The van der Waals surface area contributed by atoms with Crippen molar-refractivity contribution < 1.29 is 17.6 Å². The topological polar surface area (TPSA) is 12.0 Å². The van der Waals surface area contributed by atoms with Gasteiger partial charge in [-0.25, -0.2) is 4.39 Å². The second-order valence-electron chi connectivity index (χ2n) is 8.31. The molecule has 1 aliphatic carbocycles. The van der Waals surface area contributed by atoms with Crippen LogP contribution in [-0.4, -0.2) is 18.8 Å². The molecule has 1 nitrogen and oxygen atoms in total. The van der Waals surface area contributed by atoms with E-state index in [0.717, 1.165) is 43.4 Å². The van der Waals surface area contributed by atoms with Crippen LogP contribution >= 0.6 is 12.4 Å². The molecule has 4 rings (SSSR count). The fourth-order valence-corrected chi connectivity index (χ4v) is 5.03. The van der Waals surface area contributed by atoms with E-state index in [9.17, 15) is 17.6 Å². The summed E-state index contributed by atoms with van der Waals surface area (Å²) in [6.07, 6.45) is -0.541. The standard InChI is InChI=1S/C23H25F4N.ClH/c1-21(24,23(25,26)27)18-8-9-19-17(15-18)7-10-20-22(19,13-14-28-20)12-11-16-5-3-2-4-6-16;/h2-6,8-9,15,20,28H,7,10-14H2,1H3;1H. The molecule has 6 heteroatoms. The molecule has 1 heterocycles. The summed E-state index contributed by atoms with van der Waals surface area (Å²) >= 11 is 0. The lowest BCUT2D eigenvalue weighted by atomic mass is 9.64. The predicted octanol–water partition coefficient (Wildman–Crippen LogP) is 6.03. The van der Waals surface area contributed by atoms with Gasteiger partial charge in [0.25, 0.3) is 0 Å². The van der Waals surface area contributed by atoms with Gasteiger partial charge in [0.05, 0.1) is 0 Å². The van der Waals surface area contributed by atoms with Gasteiger partial charge >= 0.3 is 6.18 Å². The van der Waals surface area contributed by atoms with Gasteiger partial charge in [-0.2, -0.15) is 13.2 Å². The minimum Gasteiger partial charge on any atom is -0.313 e. The van der Waals surface area contributed by atoms with Crippen molar-refractivity contribution in [3.63, 3.8) is 0 Å². The lowest BCUT2D eigenvalue weighted by Crippen LogP contribution is -2.45. The predicted molar refractivity (Wildman–Crippen MR) is 109 cm³/mol. The van der Waals surface area contributed by atoms with Crippen LogP contribution in [0.25, 0.3) is 0 Å². The highest BCUT2D eigenvalue weighted by Gasteiger charge is 2.54. The number of benzene rings is 2. The van der Waals surface area contributed by atoms with Crippen molar-refractivity contribution in [2.45, 2.75) is 62.3 Å². The van der Waals surface area contributed by atoms with E-state index in [-0.39, 0.29) is 23.4 Å². The number of hydrogen-bond acceptors (Lipinski definition) is 1. The molecule has 0 spiro atoms. The van der Waals surface area contributed by atoms with E-state index in [0.29, 0.717) is 19.4 Å². The SMILES string of the molecule is CC(F)(c1ccc2c(c1)CCC1NCCC21CCc1ccccc1)C(F)(F)F.Cl. The molecule has 0 amide bonds. The molecule has 0 radical (unpaired) electrons. The fourth-order valence-electron chi connectivity index (χ4n) is 5.03. The smallest absolute Gasteiger partial charge is 0.313 e. The number of nitrogens with one attached hydrogen (secondary N) is 1. The van der Waals surface area contributed by atoms with Crippen LogP contribution in [-0.2, 0) is 23.9 Å². The molecular weight excluding hydrogens is 402 g/mol. The van der Waals surface area contributed by atoms with Gasteiger partial charge in [0.2, 0.25) is 5.67 Å². The summed E-state index contributed by atoms with van der Waals surface area (Å²) in [7, 11) is 0. The number of aryl methyl sites for hydroxylation is 2. The van der Waals surface area contributed by atoms with Crippen molar-refractivity contribution in [2.24, 2.45) is 0 Å². The van der Waals surface area contributed by atoms with E-state index in [4.69, 9.17) is 0 Å². The number of rotatable bonds is 4. The van der Waals surface area contributed by atoms with Crippen LogP contribution in [0.5, 0.6) is 0 Å². The first kappa shape index (κ1) is 22.1. The number of fused-ring (bicyclic) bond motifs is 3. The Morgan fingerprint density at radius 3 is 2.48 bits per heavy atom. The van der Waals surface area contributed by atoms with Crippen molar-refractivity contribution in [3.8, 4) is 0 Å². The quantitative estimate of drug-likeness (QED) is 0.587. The third-order valence-corrected chi connectivity index (χ3v) is 6.75. The van der Waals surface area contributed by atoms with E-state index in [1.54, 1.807) is 6.07 Å². The third-order valence-electron chi connectivity index (χ3n) is 6.75. The van der Waals surface area contributed by atoms with Crippen LogP contribution in [0.15, 0.2) is 48.5 Å². The Hall–Kier alpha value is -1.59. The molecule has 29 heavy (non-hydrogen) atoms. The molecular formula is C23H26ClF4N. The van der Waals surface area contributed by atoms with E-state index in [1.165, 1.54) is 17.7 Å². The van der Waals surface area contributed by atoms with Gasteiger partial charge in [0, 0.05) is 11.5 Å². The van der Waals surface area contributed by atoms with Crippen molar-refractivity contribution in [3.05, 3.63) is 70.8 Å². The zero-order valence-corrected chi connectivity index (χ0v) is 17.2. The summed E-state index contributed by atoms with van der Waals surface area (Å²) in [5.74, 6) is 0. The largest absolute Gasteiger partial charge is 0.426 e. The summed E-state index contributed by atoms with van der Waals surface area (Å²) in [5, 5.41) is 3.59. The molecule has 2 aromatic carbocycles. The number of hydrogen-bond donors (Lipinski definition) is 1. The van der Waals surface area contributed by atoms with Crippen LogP contribution < -0.4 is 5.32 Å². The molecule has 2 aromatic rings. The highest BCUT2D eigenvalue weighted by molar-refractivity contribution is 5.85. The zero-order valence-electron chi connectivity index (χ0n) is 16.4. The van der Waals surface area contributed by atoms with Crippen LogP contribution in [0.3, 0.4) is 0 Å². The van der Waals surface area contributed by atoms with E-state index in [1.807, 2.05) is 18.2 Å². The summed E-state index contributed by atoms with van der Waals surface area (Å²) in [5.41, 5.74) is -0.470. The second-order valence-corrected chi connectivity index (χ2v) is 8.31. The Balaban J connectivity index is 0.00000240. The first-order valence-corrected chi connectivity index (χ1v) is 9.91. The molecule has 3 atom stereocenters. The maximum absolute atomic E-state index is 14.5. The summed E-state index contributed by atoms with van der Waals surface area (Å²) < 4.78 is 54.0. The highest BCUT2D eigenvalue weighted by Crippen LogP contribution is 2.48. The van der Waals surface area contributed by atoms with Crippen LogP contribution in [0.2, 0.25) is 0 Å². The van der Waals surface area contributed by atoms with Gasteiger partial charge < -0.3 is 5.32 Å². The Morgan fingerprint density at radius 2 is 1.79 bits per heavy atom. The average molecular weight is 428 g/mol. The van der Waals surface area contributed by atoms with Gasteiger partial charge in [-0.1, -0.05) is 48.5 Å². The van der Waals surface area contributed by atoms with Gasteiger partial charge in [-0.3, -0.25) is 0 Å². The van der Waals surface area contributed by atoms with Gasteiger partial charge in [0.15, 0.2) is 0 Å². The molecule has 1 aliphatic heterocycles. The molecule has 158 valence electrons. The zero-order chi connectivity index (χ0) is 20.0. The number of alkyl halides is 4. The van der Waals surface area contributed by atoms with E-state index in [2.05, 4.69) is 17.4 Å². The molecule has 3 unspecified atom stereocenters. The summed E-state index contributed by atoms with van der Waals surface area (Å²) in [4.78, 5) is 0. The van der Waals surface area contributed by atoms with E-state index >= 15 is 0 Å². The first-order valence-electron chi connectivity index (χ1n) is 9.91. The Kier molecular flexibility index (Phi) is 6.03. The summed E-state index contributed by atoms with van der Waals surface area (Å²) in [6.45, 7) is 1.52. The molecule has 2 aliphatic rings. The Bertz CT molecular complexity index is 850. The van der Waals surface area contributed by atoms with Crippen molar-refractivity contribution in [2.75, 3.05) is 6.54 Å².